The predicted octanol–water partition coefficient (Wildman–Crippen LogP) is 15.0. The van der Waals surface area contributed by atoms with Crippen LogP contribution in [0.15, 0.2) is 0 Å². The quantitative estimate of drug-likeness (QED) is 0.0284. The van der Waals surface area contributed by atoms with Gasteiger partial charge in [0.2, 0.25) is 0 Å². The lowest BCUT2D eigenvalue weighted by Gasteiger charge is -2.05. The Morgan fingerprint density at radius 2 is 0.409 bits per heavy atom. The van der Waals surface area contributed by atoms with Crippen LogP contribution in [0, 0.1) is 0 Å². The topological polar surface area (TPSA) is 57.5 Å². The molecule has 0 aromatic carbocycles. The van der Waals surface area contributed by atoms with Crippen molar-refractivity contribution in [1.29, 1.82) is 0 Å². The number of halogens is 1. The van der Waals surface area contributed by atoms with Crippen LogP contribution in [-0.4, -0.2) is 20.4 Å². The average Bonchev–Trinajstić information content (AvgIpc) is 3.00. The van der Waals surface area contributed by atoms with Crippen molar-refractivity contribution in [1.82, 2.24) is 0 Å². The predicted molar refractivity (Wildman–Crippen MR) is 207 cm³/mol. The summed E-state index contributed by atoms with van der Waals surface area (Å²) in [6.45, 7) is 0. The zero-order chi connectivity index (χ0) is 32.1. The van der Waals surface area contributed by atoms with Crippen molar-refractivity contribution >= 4 is 30.2 Å². The van der Waals surface area contributed by atoms with E-state index in [0.717, 1.165) is 12.8 Å². The Bertz CT molecular complexity index is 568. The van der Waals surface area contributed by atoms with E-state index in [2.05, 4.69) is 22.6 Å². The van der Waals surface area contributed by atoms with Crippen LogP contribution in [0.3, 0.4) is 0 Å². The Labute approximate surface area is 291 Å². The van der Waals surface area contributed by atoms with E-state index in [-0.39, 0.29) is 6.16 Å². The highest BCUT2D eigenvalue weighted by Gasteiger charge is 2.10. The molecule has 0 unspecified atom stereocenters. The van der Waals surface area contributed by atoms with Gasteiger partial charge in [-0.05, 0) is 17.3 Å². The molecule has 2 N–H and O–H groups in total. The van der Waals surface area contributed by atoms with Crippen molar-refractivity contribution in [3.05, 3.63) is 0 Å². The van der Waals surface area contributed by atoms with Crippen LogP contribution in [-0.2, 0) is 4.57 Å². The highest BCUT2D eigenvalue weighted by Crippen LogP contribution is 2.35. The Balaban J connectivity index is 3.05. The molecule has 5 heteroatoms. The molecule has 0 heterocycles. The molecule has 3 nitrogen and oxygen atoms in total. The summed E-state index contributed by atoms with van der Waals surface area (Å²) in [5.74, 6) is 0. The summed E-state index contributed by atoms with van der Waals surface area (Å²) in [7, 11) is -3.77. The van der Waals surface area contributed by atoms with E-state index >= 15 is 0 Å². The van der Waals surface area contributed by atoms with E-state index < -0.39 is 7.60 Å². The number of hydrogen-bond donors (Lipinski definition) is 2. The van der Waals surface area contributed by atoms with Crippen molar-refractivity contribution in [2.24, 2.45) is 0 Å². The minimum Gasteiger partial charge on any atom is -0.324 e. The summed E-state index contributed by atoms with van der Waals surface area (Å²) in [5.41, 5.74) is 0. The van der Waals surface area contributed by atoms with E-state index in [1.54, 1.807) is 0 Å². The Hall–Kier alpha value is 0.880. The van der Waals surface area contributed by atoms with Crippen molar-refractivity contribution < 1.29 is 14.4 Å². The van der Waals surface area contributed by atoms with Crippen molar-refractivity contribution in [2.45, 2.75) is 238 Å². The second kappa shape index (κ2) is 38.3. The van der Waals surface area contributed by atoms with Gasteiger partial charge in [-0.25, -0.2) is 0 Å². The van der Waals surface area contributed by atoms with Gasteiger partial charge in [-0.15, -0.1) is 0 Å². The van der Waals surface area contributed by atoms with Gasteiger partial charge in [0.1, 0.15) is 0 Å². The maximum atomic E-state index is 10.8. The second-order valence-electron chi connectivity index (χ2n) is 14.2. The van der Waals surface area contributed by atoms with Crippen molar-refractivity contribution in [3.63, 3.8) is 0 Å². The minimum absolute atomic E-state index is 0.0621. The van der Waals surface area contributed by atoms with Gasteiger partial charge in [0.15, 0.2) is 0 Å². The van der Waals surface area contributed by atoms with Crippen LogP contribution < -0.4 is 0 Å². The molecule has 0 amide bonds. The van der Waals surface area contributed by atoms with Crippen LogP contribution >= 0.6 is 30.2 Å². The summed E-state index contributed by atoms with van der Waals surface area (Å²) in [6.07, 6.45) is 51.8. The van der Waals surface area contributed by atoms with Gasteiger partial charge in [-0.3, -0.25) is 4.57 Å². The number of alkyl halides is 1. The highest BCUT2D eigenvalue weighted by atomic mass is 127. The molecular weight excluding hydrogens is 674 g/mol. The smallest absolute Gasteiger partial charge is 0.324 e. The van der Waals surface area contributed by atoms with E-state index in [9.17, 15) is 4.57 Å². The zero-order valence-electron chi connectivity index (χ0n) is 29.7. The molecule has 0 aromatic heterocycles. The molecular formula is C39H80IO3P. The molecule has 0 fully saturated rings. The molecule has 0 aliphatic rings. The number of hydrogen-bond acceptors (Lipinski definition) is 1. The summed E-state index contributed by atoms with van der Waals surface area (Å²) >= 11 is 2.50. The van der Waals surface area contributed by atoms with Crippen LogP contribution in [0.4, 0.5) is 0 Å². The van der Waals surface area contributed by atoms with Gasteiger partial charge in [0.05, 0.1) is 0 Å². The van der Waals surface area contributed by atoms with E-state index in [4.69, 9.17) is 9.79 Å². The van der Waals surface area contributed by atoms with Gasteiger partial charge >= 0.3 is 7.60 Å². The standard InChI is InChI=1S/C39H80IO3P/c40-38-36-34-32-30-28-26-24-22-20-18-16-14-12-10-8-6-4-2-1-3-5-7-9-11-13-15-17-19-21-23-25-27-29-31-33-35-37-39-44(41,42)43/h1-39H2,(H2,41,42,43). The first-order valence-corrected chi connectivity index (χ1v) is 23.5. The van der Waals surface area contributed by atoms with Crippen molar-refractivity contribution in [3.8, 4) is 0 Å². The number of rotatable bonds is 39. The molecule has 44 heavy (non-hydrogen) atoms. The monoisotopic (exact) mass is 754 g/mol. The Morgan fingerprint density at radius 1 is 0.273 bits per heavy atom. The zero-order valence-corrected chi connectivity index (χ0v) is 32.8. The normalized spacial score (nSPS) is 12.0. The first kappa shape index (κ1) is 44.9. The fourth-order valence-electron chi connectivity index (χ4n) is 6.60. The minimum atomic E-state index is -3.77. The molecule has 0 aliphatic heterocycles. The molecule has 0 spiro atoms. The molecule has 0 saturated heterocycles. The SMILES string of the molecule is O=P(O)(O)CCCCCCCCCCCCCCCCCCCCCCCCCCCCCCCCCCCCCCCI. The molecule has 0 saturated carbocycles. The van der Waals surface area contributed by atoms with E-state index in [1.165, 1.54) is 223 Å². The lowest BCUT2D eigenvalue weighted by atomic mass is 10.0. The molecule has 0 aliphatic carbocycles. The summed E-state index contributed by atoms with van der Waals surface area (Å²) in [6, 6.07) is 0. The van der Waals surface area contributed by atoms with Crippen LogP contribution in [0.2, 0.25) is 0 Å². The van der Waals surface area contributed by atoms with Gasteiger partial charge in [0, 0.05) is 6.16 Å². The van der Waals surface area contributed by atoms with Crippen molar-refractivity contribution in [2.75, 3.05) is 10.6 Å². The van der Waals surface area contributed by atoms with Crippen LogP contribution in [0.25, 0.3) is 0 Å². The second-order valence-corrected chi connectivity index (χ2v) is 17.0. The third kappa shape index (κ3) is 42.9. The first-order chi connectivity index (χ1) is 21.6. The lowest BCUT2D eigenvalue weighted by Crippen LogP contribution is -1.88. The molecule has 0 bridgehead atoms. The van der Waals surface area contributed by atoms with E-state index in [0.29, 0.717) is 6.42 Å². The Morgan fingerprint density at radius 3 is 0.545 bits per heavy atom. The van der Waals surface area contributed by atoms with E-state index in [1.807, 2.05) is 0 Å². The third-order valence-electron chi connectivity index (χ3n) is 9.58. The largest absolute Gasteiger partial charge is 0.325 e. The maximum Gasteiger partial charge on any atom is 0.325 e. The fraction of sp³-hybridized carbons (Fsp3) is 1.00. The fourth-order valence-corrected chi connectivity index (χ4v) is 7.77. The maximum absolute atomic E-state index is 10.8. The Kier molecular flexibility index (Phi) is 39.1. The van der Waals surface area contributed by atoms with Gasteiger partial charge in [0.25, 0.3) is 0 Å². The average molecular weight is 755 g/mol. The van der Waals surface area contributed by atoms with Crippen LogP contribution in [0.5, 0.6) is 0 Å². The van der Waals surface area contributed by atoms with Crippen LogP contribution in [0.1, 0.15) is 238 Å². The van der Waals surface area contributed by atoms with Gasteiger partial charge in [-0.1, -0.05) is 247 Å². The molecule has 0 atom stereocenters. The highest BCUT2D eigenvalue weighted by molar-refractivity contribution is 14.1. The third-order valence-corrected chi connectivity index (χ3v) is 11.2. The summed E-state index contributed by atoms with van der Waals surface area (Å²) in [4.78, 5) is 17.7. The lowest BCUT2D eigenvalue weighted by molar-refractivity contribution is 0.370. The summed E-state index contributed by atoms with van der Waals surface area (Å²) in [5, 5.41) is 0. The number of unbranched alkanes of at least 4 members (excludes halogenated alkanes) is 36. The molecule has 0 aromatic rings. The van der Waals surface area contributed by atoms with Gasteiger partial charge in [-0.2, -0.15) is 0 Å². The molecule has 0 radical (unpaired) electrons. The summed E-state index contributed by atoms with van der Waals surface area (Å²) < 4.78 is 12.2. The van der Waals surface area contributed by atoms with Gasteiger partial charge < -0.3 is 9.79 Å². The molecule has 0 rings (SSSR count). The molecule has 266 valence electrons. The first-order valence-electron chi connectivity index (χ1n) is 20.2.